The number of hydrogen-bond acceptors (Lipinski definition) is 3. The third-order valence-corrected chi connectivity index (χ3v) is 1.69. The Kier molecular flexibility index (Phi) is 4.51. The van der Waals surface area contributed by atoms with E-state index in [4.69, 9.17) is 5.73 Å². The van der Waals surface area contributed by atoms with Crippen molar-refractivity contribution in [3.05, 3.63) is 23.5 Å². The van der Waals surface area contributed by atoms with Gasteiger partial charge in [0.05, 0.1) is 7.11 Å². The van der Waals surface area contributed by atoms with Gasteiger partial charge in [-0.3, -0.25) is 0 Å². The first-order valence-corrected chi connectivity index (χ1v) is 3.62. The predicted molar refractivity (Wildman–Crippen MR) is 51.9 cm³/mol. The molecule has 1 aromatic rings. The number of halogens is 1. The summed E-state index contributed by atoms with van der Waals surface area (Å²) in [5.74, 6) is -0.336. The summed E-state index contributed by atoms with van der Waals surface area (Å²) in [6.45, 7) is 0.435. The Labute approximate surface area is 83.1 Å². The lowest BCUT2D eigenvalue weighted by molar-refractivity contribution is 0.0590. The Morgan fingerprint density at radius 3 is 2.69 bits per heavy atom. The zero-order valence-corrected chi connectivity index (χ0v) is 8.43. The van der Waals surface area contributed by atoms with E-state index in [1.165, 1.54) is 7.11 Å². The SMILES string of the molecule is COC(=O)c1cc(CN)cn1C.Cl. The monoisotopic (exact) mass is 204 g/mol. The van der Waals surface area contributed by atoms with E-state index in [9.17, 15) is 4.79 Å². The van der Waals surface area contributed by atoms with Gasteiger partial charge in [-0.1, -0.05) is 0 Å². The van der Waals surface area contributed by atoms with Crippen LogP contribution in [0.5, 0.6) is 0 Å². The zero-order chi connectivity index (χ0) is 9.14. The lowest BCUT2D eigenvalue weighted by Gasteiger charge is -1.98. The molecule has 0 radical (unpaired) electrons. The molecule has 0 atom stereocenters. The van der Waals surface area contributed by atoms with E-state index < -0.39 is 0 Å². The topological polar surface area (TPSA) is 57.2 Å². The summed E-state index contributed by atoms with van der Waals surface area (Å²) < 4.78 is 6.28. The zero-order valence-electron chi connectivity index (χ0n) is 7.61. The molecule has 74 valence electrons. The number of rotatable bonds is 2. The molecule has 0 saturated heterocycles. The van der Waals surface area contributed by atoms with Crippen LogP contribution in [0.1, 0.15) is 16.1 Å². The molecule has 1 rings (SSSR count). The Morgan fingerprint density at radius 1 is 1.69 bits per heavy atom. The van der Waals surface area contributed by atoms with Crippen molar-refractivity contribution in [3.8, 4) is 0 Å². The first-order valence-electron chi connectivity index (χ1n) is 3.62. The predicted octanol–water partition coefficient (Wildman–Crippen LogP) is 0.692. The minimum absolute atomic E-state index is 0. The number of aromatic nitrogens is 1. The number of nitrogens with zero attached hydrogens (tertiary/aromatic N) is 1. The van der Waals surface area contributed by atoms with Gasteiger partial charge in [-0.05, 0) is 11.6 Å². The van der Waals surface area contributed by atoms with E-state index in [1.807, 2.05) is 6.20 Å². The van der Waals surface area contributed by atoms with Gasteiger partial charge in [0.2, 0.25) is 0 Å². The van der Waals surface area contributed by atoms with Gasteiger partial charge in [0.25, 0.3) is 0 Å². The molecule has 0 aliphatic heterocycles. The van der Waals surface area contributed by atoms with E-state index >= 15 is 0 Å². The first-order chi connectivity index (χ1) is 5.69. The standard InChI is InChI=1S/C8H12N2O2.ClH/c1-10-5-6(4-9)3-7(10)8(11)12-2;/h3,5H,4,9H2,1-2H3;1H. The second-order valence-electron chi connectivity index (χ2n) is 2.54. The fourth-order valence-corrected chi connectivity index (χ4v) is 1.05. The van der Waals surface area contributed by atoms with Gasteiger partial charge in [0.15, 0.2) is 0 Å². The second-order valence-corrected chi connectivity index (χ2v) is 2.54. The molecule has 5 heteroatoms. The molecule has 0 spiro atoms. The quantitative estimate of drug-likeness (QED) is 0.722. The maximum Gasteiger partial charge on any atom is 0.354 e. The van der Waals surface area contributed by atoms with Gasteiger partial charge < -0.3 is 15.0 Å². The van der Waals surface area contributed by atoms with E-state index in [2.05, 4.69) is 4.74 Å². The van der Waals surface area contributed by atoms with Crippen LogP contribution in [0, 0.1) is 0 Å². The fraction of sp³-hybridized carbons (Fsp3) is 0.375. The lowest BCUT2D eigenvalue weighted by atomic mass is 10.3. The van der Waals surface area contributed by atoms with E-state index in [0.717, 1.165) is 5.56 Å². The number of carbonyl (C=O) groups excluding carboxylic acids is 1. The van der Waals surface area contributed by atoms with Crippen LogP contribution < -0.4 is 5.73 Å². The minimum Gasteiger partial charge on any atom is -0.464 e. The highest BCUT2D eigenvalue weighted by molar-refractivity contribution is 5.87. The van der Waals surface area contributed by atoms with Crippen LogP contribution in [0.15, 0.2) is 12.3 Å². The number of carbonyl (C=O) groups is 1. The van der Waals surface area contributed by atoms with Crippen LogP contribution in [0.25, 0.3) is 0 Å². The fourth-order valence-electron chi connectivity index (χ4n) is 1.05. The number of aryl methyl sites for hydroxylation is 1. The summed E-state index contributed by atoms with van der Waals surface area (Å²) in [6.07, 6.45) is 1.81. The molecule has 0 saturated carbocycles. The highest BCUT2D eigenvalue weighted by atomic mass is 35.5. The van der Waals surface area contributed by atoms with Crippen LogP contribution in [-0.2, 0) is 18.3 Å². The summed E-state index contributed by atoms with van der Waals surface area (Å²) in [4.78, 5) is 11.1. The molecule has 0 aliphatic carbocycles. The molecule has 0 amide bonds. The van der Waals surface area contributed by atoms with Crippen molar-refractivity contribution >= 4 is 18.4 Å². The van der Waals surface area contributed by atoms with Gasteiger partial charge in [0, 0.05) is 19.8 Å². The van der Waals surface area contributed by atoms with Crippen molar-refractivity contribution in [1.82, 2.24) is 4.57 Å². The van der Waals surface area contributed by atoms with Gasteiger partial charge >= 0.3 is 5.97 Å². The molecular formula is C8H13ClN2O2. The molecule has 2 N–H and O–H groups in total. The van der Waals surface area contributed by atoms with Crippen LogP contribution in [-0.4, -0.2) is 17.6 Å². The molecule has 0 unspecified atom stereocenters. The molecule has 0 aliphatic rings. The van der Waals surface area contributed by atoms with Crippen molar-refractivity contribution in [2.24, 2.45) is 12.8 Å². The van der Waals surface area contributed by atoms with Crippen molar-refractivity contribution in [1.29, 1.82) is 0 Å². The maximum absolute atomic E-state index is 11.1. The van der Waals surface area contributed by atoms with Crippen LogP contribution in [0.2, 0.25) is 0 Å². The van der Waals surface area contributed by atoms with E-state index in [-0.39, 0.29) is 18.4 Å². The van der Waals surface area contributed by atoms with Crippen LogP contribution in [0.4, 0.5) is 0 Å². The Balaban J connectivity index is 0.00000144. The number of methoxy groups -OCH3 is 1. The molecule has 0 aromatic carbocycles. The molecule has 13 heavy (non-hydrogen) atoms. The molecule has 1 aromatic heterocycles. The Hall–Kier alpha value is -1.00. The third-order valence-electron chi connectivity index (χ3n) is 1.69. The van der Waals surface area contributed by atoms with Crippen molar-refractivity contribution < 1.29 is 9.53 Å². The average molecular weight is 205 g/mol. The molecular weight excluding hydrogens is 192 g/mol. The normalized spacial score (nSPS) is 9.15. The first kappa shape index (κ1) is 12.0. The number of esters is 1. The summed E-state index contributed by atoms with van der Waals surface area (Å²) in [5.41, 5.74) is 6.86. The third kappa shape index (κ3) is 2.47. The van der Waals surface area contributed by atoms with Crippen molar-refractivity contribution in [3.63, 3.8) is 0 Å². The second kappa shape index (κ2) is 4.89. The van der Waals surface area contributed by atoms with Gasteiger partial charge in [-0.25, -0.2) is 4.79 Å². The number of hydrogen-bond donors (Lipinski definition) is 1. The maximum atomic E-state index is 11.1. The smallest absolute Gasteiger partial charge is 0.354 e. The lowest BCUT2D eigenvalue weighted by Crippen LogP contribution is -2.06. The summed E-state index contributed by atoms with van der Waals surface area (Å²) >= 11 is 0. The summed E-state index contributed by atoms with van der Waals surface area (Å²) in [7, 11) is 3.14. The van der Waals surface area contributed by atoms with Crippen molar-refractivity contribution in [2.45, 2.75) is 6.54 Å². The molecule has 0 fully saturated rings. The van der Waals surface area contributed by atoms with Gasteiger partial charge in [0.1, 0.15) is 5.69 Å². The number of nitrogens with two attached hydrogens (primary N) is 1. The van der Waals surface area contributed by atoms with Crippen molar-refractivity contribution in [2.75, 3.05) is 7.11 Å². The largest absolute Gasteiger partial charge is 0.464 e. The highest BCUT2D eigenvalue weighted by Crippen LogP contribution is 2.07. The minimum atomic E-state index is -0.336. The Bertz CT molecular complexity index is 296. The average Bonchev–Trinajstić information content (AvgIpc) is 2.45. The Morgan fingerprint density at radius 2 is 2.31 bits per heavy atom. The highest BCUT2D eigenvalue weighted by Gasteiger charge is 2.10. The van der Waals surface area contributed by atoms with Gasteiger partial charge in [-0.15, -0.1) is 12.4 Å². The molecule has 4 nitrogen and oxygen atoms in total. The van der Waals surface area contributed by atoms with E-state index in [0.29, 0.717) is 12.2 Å². The molecule has 1 heterocycles. The van der Waals surface area contributed by atoms with E-state index in [1.54, 1.807) is 17.7 Å². The molecule has 0 bridgehead atoms. The van der Waals surface area contributed by atoms with Gasteiger partial charge in [-0.2, -0.15) is 0 Å². The van der Waals surface area contributed by atoms with Crippen LogP contribution >= 0.6 is 12.4 Å². The summed E-state index contributed by atoms with van der Waals surface area (Å²) in [6, 6.07) is 1.73. The summed E-state index contributed by atoms with van der Waals surface area (Å²) in [5, 5.41) is 0. The number of ether oxygens (including phenoxy) is 1. The van der Waals surface area contributed by atoms with Crippen LogP contribution in [0.3, 0.4) is 0 Å².